The van der Waals surface area contributed by atoms with Crippen LogP contribution in [-0.2, 0) is 13.6 Å². The molecule has 7 nitrogen and oxygen atoms in total. The number of rotatable bonds is 5. The molecule has 1 aromatic carbocycles. The summed E-state index contributed by atoms with van der Waals surface area (Å²) in [6.07, 6.45) is 3.45. The highest BCUT2D eigenvalue weighted by molar-refractivity contribution is 7.16. The van der Waals surface area contributed by atoms with Crippen molar-refractivity contribution in [3.05, 3.63) is 47.5 Å². The number of benzene rings is 1. The largest absolute Gasteiger partial charge is 0.495 e. The Morgan fingerprint density at radius 3 is 2.64 bits per heavy atom. The zero-order valence-electron chi connectivity index (χ0n) is 14.2. The third kappa shape index (κ3) is 3.08. The Morgan fingerprint density at radius 1 is 1.32 bits per heavy atom. The van der Waals surface area contributed by atoms with E-state index in [9.17, 15) is 4.79 Å². The van der Waals surface area contributed by atoms with Crippen LogP contribution in [0.1, 0.15) is 10.5 Å². The van der Waals surface area contributed by atoms with Gasteiger partial charge in [0, 0.05) is 19.8 Å². The molecule has 2 aromatic heterocycles. The molecule has 0 spiro atoms. The van der Waals surface area contributed by atoms with E-state index in [0.717, 1.165) is 10.2 Å². The maximum absolute atomic E-state index is 12.4. The molecule has 3 rings (SSSR count). The van der Waals surface area contributed by atoms with Crippen molar-refractivity contribution in [3.63, 3.8) is 0 Å². The minimum absolute atomic E-state index is 0.295. The van der Waals surface area contributed by atoms with E-state index in [2.05, 4.69) is 16.7 Å². The average molecular weight is 358 g/mol. The fraction of sp³-hybridized carbons (Fsp3) is 0.235. The van der Waals surface area contributed by atoms with Crippen LogP contribution < -0.4 is 14.3 Å². The van der Waals surface area contributed by atoms with Crippen molar-refractivity contribution in [2.24, 2.45) is 12.0 Å². The Hall–Kier alpha value is -2.87. The predicted octanol–water partition coefficient (Wildman–Crippen LogP) is 2.38. The van der Waals surface area contributed by atoms with Crippen molar-refractivity contribution in [2.45, 2.75) is 6.54 Å². The lowest BCUT2D eigenvalue weighted by Crippen LogP contribution is -2.16. The summed E-state index contributed by atoms with van der Waals surface area (Å²) in [5, 5.41) is 4.10. The lowest BCUT2D eigenvalue weighted by molar-refractivity contribution is 0.0992. The Kier molecular flexibility index (Phi) is 4.71. The van der Waals surface area contributed by atoms with Gasteiger partial charge in [-0.1, -0.05) is 17.4 Å². The smallest absolute Gasteiger partial charge is 0.300 e. The fourth-order valence-electron chi connectivity index (χ4n) is 2.51. The Morgan fingerprint density at radius 2 is 2.04 bits per heavy atom. The van der Waals surface area contributed by atoms with Crippen LogP contribution >= 0.6 is 11.3 Å². The zero-order chi connectivity index (χ0) is 18.0. The topological polar surface area (TPSA) is 70.6 Å². The van der Waals surface area contributed by atoms with Crippen LogP contribution in [0.4, 0.5) is 0 Å². The van der Waals surface area contributed by atoms with Crippen molar-refractivity contribution in [1.29, 1.82) is 0 Å². The van der Waals surface area contributed by atoms with Gasteiger partial charge in [-0.2, -0.15) is 10.1 Å². The van der Waals surface area contributed by atoms with Crippen LogP contribution in [0.15, 0.2) is 42.0 Å². The highest BCUT2D eigenvalue weighted by atomic mass is 32.1. The number of carbonyl (C=O) groups excluding carboxylic acids is 1. The number of carbonyl (C=O) groups is 1. The van der Waals surface area contributed by atoms with Crippen LogP contribution in [-0.4, -0.2) is 34.5 Å². The van der Waals surface area contributed by atoms with Gasteiger partial charge in [-0.15, -0.1) is 6.58 Å². The molecule has 3 aromatic rings. The van der Waals surface area contributed by atoms with Crippen LogP contribution in [0.5, 0.6) is 11.5 Å². The minimum Gasteiger partial charge on any atom is -0.495 e. The van der Waals surface area contributed by atoms with Gasteiger partial charge in [0.1, 0.15) is 21.7 Å². The lowest BCUT2D eigenvalue weighted by atomic mass is 10.3. The van der Waals surface area contributed by atoms with Gasteiger partial charge < -0.3 is 14.0 Å². The summed E-state index contributed by atoms with van der Waals surface area (Å²) in [6, 6.07) is 5.30. The fourth-order valence-corrected chi connectivity index (χ4v) is 3.66. The first kappa shape index (κ1) is 17.0. The maximum atomic E-state index is 12.4. The highest BCUT2D eigenvalue weighted by Gasteiger charge is 2.16. The van der Waals surface area contributed by atoms with Crippen molar-refractivity contribution in [3.8, 4) is 11.5 Å². The van der Waals surface area contributed by atoms with Gasteiger partial charge in [-0.3, -0.25) is 9.48 Å². The van der Waals surface area contributed by atoms with E-state index < -0.39 is 5.91 Å². The lowest BCUT2D eigenvalue weighted by Gasteiger charge is -2.08. The van der Waals surface area contributed by atoms with Crippen LogP contribution in [0.2, 0.25) is 0 Å². The first-order valence-electron chi connectivity index (χ1n) is 7.53. The molecule has 0 aliphatic carbocycles. The Labute approximate surface area is 148 Å². The van der Waals surface area contributed by atoms with Gasteiger partial charge in [-0.05, 0) is 18.2 Å². The number of hydrogen-bond acceptors (Lipinski definition) is 5. The molecule has 0 aliphatic heterocycles. The summed E-state index contributed by atoms with van der Waals surface area (Å²) in [4.78, 5) is 17.2. The van der Waals surface area contributed by atoms with Gasteiger partial charge in [0.15, 0.2) is 10.5 Å². The number of amides is 1. The molecule has 0 radical (unpaired) electrons. The number of aryl methyl sites for hydroxylation is 1. The number of ether oxygens (including phenoxy) is 2. The number of thiazole rings is 1. The molecule has 25 heavy (non-hydrogen) atoms. The van der Waals surface area contributed by atoms with E-state index in [1.807, 2.05) is 16.7 Å². The summed E-state index contributed by atoms with van der Waals surface area (Å²) >= 11 is 1.36. The molecule has 0 atom stereocenters. The van der Waals surface area contributed by atoms with E-state index in [1.165, 1.54) is 11.3 Å². The van der Waals surface area contributed by atoms with Gasteiger partial charge in [0.25, 0.3) is 5.91 Å². The number of fused-ring (bicyclic) bond motifs is 1. The van der Waals surface area contributed by atoms with Crippen LogP contribution in [0, 0.1) is 0 Å². The second-order valence-electron chi connectivity index (χ2n) is 5.22. The molecule has 0 N–H and O–H groups in total. The quantitative estimate of drug-likeness (QED) is 0.657. The van der Waals surface area contributed by atoms with Crippen molar-refractivity contribution >= 4 is 27.5 Å². The number of nitrogens with zero attached hydrogens (tertiary/aromatic N) is 4. The monoisotopic (exact) mass is 358 g/mol. The molecule has 0 saturated carbocycles. The number of aromatic nitrogens is 3. The number of methoxy groups -OCH3 is 2. The summed E-state index contributed by atoms with van der Waals surface area (Å²) in [7, 11) is 4.96. The summed E-state index contributed by atoms with van der Waals surface area (Å²) < 4.78 is 15.2. The molecule has 8 heteroatoms. The molecule has 2 heterocycles. The molecule has 1 amide bonds. The van der Waals surface area contributed by atoms with Crippen LogP contribution in [0.3, 0.4) is 0 Å². The zero-order valence-corrected chi connectivity index (χ0v) is 15.0. The normalized spacial score (nSPS) is 11.7. The maximum Gasteiger partial charge on any atom is 0.300 e. The van der Waals surface area contributed by atoms with Gasteiger partial charge in [0.2, 0.25) is 0 Å². The van der Waals surface area contributed by atoms with E-state index in [1.54, 1.807) is 44.3 Å². The van der Waals surface area contributed by atoms with Gasteiger partial charge in [-0.25, -0.2) is 0 Å². The van der Waals surface area contributed by atoms with E-state index >= 15 is 0 Å². The SMILES string of the molecule is C=CCn1c(=NC(=O)c2ccn(C)n2)sc2c(OC)ccc(OC)c21. The van der Waals surface area contributed by atoms with E-state index in [-0.39, 0.29) is 0 Å². The second kappa shape index (κ2) is 6.94. The number of hydrogen-bond donors (Lipinski definition) is 0. The van der Waals surface area contributed by atoms with Crippen LogP contribution in [0.25, 0.3) is 10.2 Å². The van der Waals surface area contributed by atoms with E-state index in [0.29, 0.717) is 28.5 Å². The molecule has 0 fully saturated rings. The summed E-state index contributed by atoms with van der Waals surface area (Å²) in [5.41, 5.74) is 1.11. The minimum atomic E-state index is -0.400. The summed E-state index contributed by atoms with van der Waals surface area (Å²) in [5.74, 6) is 0.980. The molecule has 0 bridgehead atoms. The highest BCUT2D eigenvalue weighted by Crippen LogP contribution is 2.35. The van der Waals surface area contributed by atoms with Gasteiger partial charge in [0.05, 0.1) is 14.2 Å². The predicted molar refractivity (Wildman–Crippen MR) is 96.2 cm³/mol. The standard InChI is InChI=1S/C17H18N4O3S/c1-5-9-21-14-12(23-3)6-7-13(24-4)15(14)25-17(21)18-16(22)11-8-10-20(2)19-11/h5-8,10H,1,9H2,2-4H3. The van der Waals surface area contributed by atoms with Gasteiger partial charge >= 0.3 is 0 Å². The molecule has 0 saturated heterocycles. The van der Waals surface area contributed by atoms with E-state index in [4.69, 9.17) is 9.47 Å². The second-order valence-corrected chi connectivity index (χ2v) is 6.20. The summed E-state index contributed by atoms with van der Waals surface area (Å²) in [6.45, 7) is 4.28. The van der Waals surface area contributed by atoms with Crippen molar-refractivity contribution < 1.29 is 14.3 Å². The third-order valence-corrected chi connectivity index (χ3v) is 4.73. The molecular formula is C17H18N4O3S. The van der Waals surface area contributed by atoms with Crippen molar-refractivity contribution in [1.82, 2.24) is 14.3 Å². The average Bonchev–Trinajstić information content (AvgIpc) is 3.19. The molecule has 130 valence electrons. The molecular weight excluding hydrogens is 340 g/mol. The Balaban J connectivity index is 2.27. The third-order valence-electron chi connectivity index (χ3n) is 3.63. The van der Waals surface area contributed by atoms with Crippen molar-refractivity contribution in [2.75, 3.05) is 14.2 Å². The number of allylic oxidation sites excluding steroid dienone is 1. The molecule has 0 unspecified atom stereocenters. The Bertz CT molecular complexity index is 1010. The molecule has 0 aliphatic rings. The first-order chi connectivity index (χ1) is 12.1. The first-order valence-corrected chi connectivity index (χ1v) is 8.34.